The van der Waals surface area contributed by atoms with Gasteiger partial charge < -0.3 is 4.74 Å². The Balaban J connectivity index is 1.98. The van der Waals surface area contributed by atoms with E-state index >= 15 is 0 Å². The molecule has 0 aliphatic carbocycles. The van der Waals surface area contributed by atoms with Gasteiger partial charge in [0.1, 0.15) is 18.2 Å². The molecule has 0 radical (unpaired) electrons. The number of hydrogen-bond donors (Lipinski definition) is 0. The molecular formula is C15H19FN2O. The molecule has 2 aromatic rings. The molecule has 1 unspecified atom stereocenters. The topological polar surface area (TPSA) is 27.1 Å². The molecule has 102 valence electrons. The highest BCUT2D eigenvalue weighted by molar-refractivity contribution is 5.28. The molecule has 0 amide bonds. The van der Waals surface area contributed by atoms with Crippen molar-refractivity contribution < 1.29 is 9.13 Å². The van der Waals surface area contributed by atoms with Crippen LogP contribution in [-0.2, 0) is 6.61 Å². The summed E-state index contributed by atoms with van der Waals surface area (Å²) in [6.45, 7) is 6.32. The number of hydrogen-bond acceptors (Lipinski definition) is 2. The molecule has 0 aliphatic rings. The molecule has 0 N–H and O–H groups in total. The number of halogens is 1. The normalized spacial score (nSPS) is 12.4. The Labute approximate surface area is 113 Å². The molecule has 3 nitrogen and oxygen atoms in total. The Bertz CT molecular complexity index is 551. The predicted molar refractivity (Wildman–Crippen MR) is 72.7 cm³/mol. The van der Waals surface area contributed by atoms with E-state index in [4.69, 9.17) is 4.74 Å². The zero-order chi connectivity index (χ0) is 13.8. The molecule has 0 aliphatic heterocycles. The first kappa shape index (κ1) is 13.6. The van der Waals surface area contributed by atoms with Gasteiger partial charge in [0, 0.05) is 18.3 Å². The Hall–Kier alpha value is -1.84. The quantitative estimate of drug-likeness (QED) is 0.817. The molecule has 1 heterocycles. The number of aryl methyl sites for hydroxylation is 1. The molecule has 2 rings (SSSR count). The maximum Gasteiger partial charge on any atom is 0.132 e. The SMILES string of the molecule is CCC(C)n1ccc(COc2ccc(C)c(F)c2)n1. The summed E-state index contributed by atoms with van der Waals surface area (Å²) in [7, 11) is 0. The minimum atomic E-state index is -0.248. The van der Waals surface area contributed by atoms with Gasteiger partial charge in [-0.3, -0.25) is 4.68 Å². The monoisotopic (exact) mass is 262 g/mol. The summed E-state index contributed by atoms with van der Waals surface area (Å²) in [4.78, 5) is 0. The third-order valence-electron chi connectivity index (χ3n) is 3.24. The van der Waals surface area contributed by atoms with E-state index in [-0.39, 0.29) is 5.82 Å². The van der Waals surface area contributed by atoms with Gasteiger partial charge in [-0.15, -0.1) is 0 Å². The zero-order valence-corrected chi connectivity index (χ0v) is 11.6. The second-order valence-electron chi connectivity index (χ2n) is 4.74. The van der Waals surface area contributed by atoms with Crippen molar-refractivity contribution in [1.29, 1.82) is 0 Å². The molecule has 0 bridgehead atoms. The number of nitrogens with zero attached hydrogens (tertiary/aromatic N) is 2. The predicted octanol–water partition coefficient (Wildman–Crippen LogP) is 3.88. The van der Waals surface area contributed by atoms with Crippen LogP contribution >= 0.6 is 0 Å². The molecule has 0 fully saturated rings. The molecule has 19 heavy (non-hydrogen) atoms. The van der Waals surface area contributed by atoms with Gasteiger partial charge in [-0.1, -0.05) is 13.0 Å². The van der Waals surface area contributed by atoms with Crippen molar-refractivity contribution in [1.82, 2.24) is 9.78 Å². The number of aromatic nitrogens is 2. The average Bonchev–Trinajstić information content (AvgIpc) is 2.88. The first-order valence-corrected chi connectivity index (χ1v) is 6.53. The van der Waals surface area contributed by atoms with Crippen LogP contribution in [0.2, 0.25) is 0 Å². The Morgan fingerprint density at radius 1 is 1.37 bits per heavy atom. The van der Waals surface area contributed by atoms with Gasteiger partial charge >= 0.3 is 0 Å². The maximum absolute atomic E-state index is 13.4. The van der Waals surface area contributed by atoms with Crippen molar-refractivity contribution in [2.24, 2.45) is 0 Å². The molecule has 0 saturated carbocycles. The number of ether oxygens (including phenoxy) is 1. The molecule has 1 aromatic carbocycles. The van der Waals surface area contributed by atoms with Gasteiger partial charge in [-0.05, 0) is 38.0 Å². The van der Waals surface area contributed by atoms with Crippen LogP contribution in [0.3, 0.4) is 0 Å². The fraction of sp³-hybridized carbons (Fsp3) is 0.400. The maximum atomic E-state index is 13.4. The van der Waals surface area contributed by atoms with Crippen LogP contribution in [0.4, 0.5) is 4.39 Å². The van der Waals surface area contributed by atoms with Crippen molar-refractivity contribution in [3.8, 4) is 5.75 Å². The van der Waals surface area contributed by atoms with E-state index in [2.05, 4.69) is 18.9 Å². The average molecular weight is 262 g/mol. The molecular weight excluding hydrogens is 243 g/mol. The van der Waals surface area contributed by atoms with Crippen molar-refractivity contribution >= 4 is 0 Å². The second-order valence-corrected chi connectivity index (χ2v) is 4.74. The Morgan fingerprint density at radius 2 is 2.16 bits per heavy atom. The summed E-state index contributed by atoms with van der Waals surface area (Å²) < 4.78 is 20.8. The summed E-state index contributed by atoms with van der Waals surface area (Å²) in [5, 5.41) is 4.43. The smallest absolute Gasteiger partial charge is 0.132 e. The first-order chi connectivity index (χ1) is 9.10. The van der Waals surface area contributed by atoms with Gasteiger partial charge in [-0.25, -0.2) is 4.39 Å². The minimum absolute atomic E-state index is 0.248. The van der Waals surface area contributed by atoms with Crippen molar-refractivity contribution in [2.75, 3.05) is 0 Å². The first-order valence-electron chi connectivity index (χ1n) is 6.53. The van der Waals surface area contributed by atoms with Crippen molar-refractivity contribution in [3.05, 3.63) is 47.5 Å². The highest BCUT2D eigenvalue weighted by Crippen LogP contribution is 2.17. The summed E-state index contributed by atoms with van der Waals surface area (Å²) in [6, 6.07) is 7.19. The molecule has 0 saturated heterocycles. The fourth-order valence-corrected chi connectivity index (χ4v) is 1.71. The van der Waals surface area contributed by atoms with Gasteiger partial charge in [0.05, 0.1) is 5.69 Å². The summed E-state index contributed by atoms with van der Waals surface area (Å²) in [5.41, 5.74) is 1.47. The van der Waals surface area contributed by atoms with Crippen molar-refractivity contribution in [3.63, 3.8) is 0 Å². The van der Waals surface area contributed by atoms with Crippen LogP contribution in [0.5, 0.6) is 5.75 Å². The van der Waals surface area contributed by atoms with Crippen LogP contribution in [0.15, 0.2) is 30.5 Å². The number of benzene rings is 1. The van der Waals surface area contributed by atoms with E-state index in [9.17, 15) is 4.39 Å². The minimum Gasteiger partial charge on any atom is -0.487 e. The molecule has 1 atom stereocenters. The molecule has 4 heteroatoms. The van der Waals surface area contributed by atoms with E-state index in [1.54, 1.807) is 19.1 Å². The summed E-state index contributed by atoms with van der Waals surface area (Å²) in [5.74, 6) is 0.281. The lowest BCUT2D eigenvalue weighted by Gasteiger charge is -2.08. The third-order valence-corrected chi connectivity index (χ3v) is 3.24. The fourth-order valence-electron chi connectivity index (χ4n) is 1.71. The van der Waals surface area contributed by atoms with Crippen LogP contribution in [-0.4, -0.2) is 9.78 Å². The highest BCUT2D eigenvalue weighted by atomic mass is 19.1. The van der Waals surface area contributed by atoms with Crippen LogP contribution < -0.4 is 4.74 Å². The van der Waals surface area contributed by atoms with Gasteiger partial charge in [0.25, 0.3) is 0 Å². The molecule has 0 spiro atoms. The second kappa shape index (κ2) is 5.87. The van der Waals surface area contributed by atoms with Crippen LogP contribution in [0, 0.1) is 12.7 Å². The van der Waals surface area contributed by atoms with E-state index in [1.165, 1.54) is 6.07 Å². The lowest BCUT2D eigenvalue weighted by molar-refractivity contribution is 0.296. The van der Waals surface area contributed by atoms with Gasteiger partial charge in [-0.2, -0.15) is 5.10 Å². The lowest BCUT2D eigenvalue weighted by Crippen LogP contribution is -2.05. The van der Waals surface area contributed by atoms with E-state index in [0.29, 0.717) is 24.0 Å². The van der Waals surface area contributed by atoms with Crippen LogP contribution in [0.25, 0.3) is 0 Å². The molecule has 1 aromatic heterocycles. The largest absolute Gasteiger partial charge is 0.487 e. The third kappa shape index (κ3) is 3.34. The van der Waals surface area contributed by atoms with Gasteiger partial charge in [0.2, 0.25) is 0 Å². The summed E-state index contributed by atoms with van der Waals surface area (Å²) >= 11 is 0. The van der Waals surface area contributed by atoms with E-state index in [0.717, 1.165) is 12.1 Å². The van der Waals surface area contributed by atoms with Crippen LogP contribution in [0.1, 0.15) is 37.6 Å². The van der Waals surface area contributed by atoms with Gasteiger partial charge in [0.15, 0.2) is 0 Å². The Morgan fingerprint density at radius 3 is 2.84 bits per heavy atom. The highest BCUT2D eigenvalue weighted by Gasteiger charge is 2.06. The zero-order valence-electron chi connectivity index (χ0n) is 11.6. The number of rotatable bonds is 5. The summed E-state index contributed by atoms with van der Waals surface area (Å²) in [6.07, 6.45) is 2.98. The van der Waals surface area contributed by atoms with E-state index in [1.807, 2.05) is 16.9 Å². The Kier molecular flexibility index (Phi) is 4.20. The van der Waals surface area contributed by atoms with E-state index < -0.39 is 0 Å². The van der Waals surface area contributed by atoms with Crippen molar-refractivity contribution in [2.45, 2.75) is 39.8 Å². The standard InChI is InChI=1S/C15H19FN2O/c1-4-12(3)18-8-7-13(17-18)10-19-14-6-5-11(2)15(16)9-14/h5-9,12H,4,10H2,1-3H3. The lowest BCUT2D eigenvalue weighted by atomic mass is 10.2.